The molecule has 2 nitrogen and oxygen atoms in total. The number of carbonyl (C=O) groups excluding carboxylic acids is 1. The normalized spacial score (nSPS) is 9.69. The van der Waals surface area contributed by atoms with Crippen LogP contribution in [-0.2, 0) is 4.79 Å². The lowest BCUT2D eigenvalue weighted by Crippen LogP contribution is -2.00. The van der Waals surface area contributed by atoms with Crippen molar-refractivity contribution in [2.75, 3.05) is 6.61 Å². The third-order valence-electron chi connectivity index (χ3n) is 1.65. The average molecular weight is 182 g/mol. The van der Waals surface area contributed by atoms with Crippen molar-refractivity contribution < 1.29 is 13.9 Å². The van der Waals surface area contributed by atoms with Gasteiger partial charge in [0, 0.05) is 6.42 Å². The van der Waals surface area contributed by atoms with Crippen LogP contribution in [-0.4, -0.2) is 12.9 Å². The van der Waals surface area contributed by atoms with E-state index in [9.17, 15) is 9.18 Å². The molecule has 0 saturated heterocycles. The Kier molecular flexibility index (Phi) is 3.43. The van der Waals surface area contributed by atoms with E-state index in [-0.39, 0.29) is 24.6 Å². The topological polar surface area (TPSA) is 26.3 Å². The molecule has 0 fully saturated rings. The van der Waals surface area contributed by atoms with Crippen LogP contribution in [0, 0.1) is 12.7 Å². The number of aldehydes is 1. The smallest absolute Gasteiger partial charge is 0.167 e. The molecule has 0 aliphatic carbocycles. The fourth-order valence-electron chi connectivity index (χ4n) is 0.949. The number of halogens is 1. The summed E-state index contributed by atoms with van der Waals surface area (Å²) in [5.74, 6) is -0.143. The van der Waals surface area contributed by atoms with Gasteiger partial charge in [0.05, 0.1) is 6.61 Å². The summed E-state index contributed by atoms with van der Waals surface area (Å²) in [4.78, 5) is 9.97. The van der Waals surface area contributed by atoms with E-state index < -0.39 is 0 Å². The van der Waals surface area contributed by atoms with E-state index in [1.54, 1.807) is 25.1 Å². The van der Waals surface area contributed by atoms with Gasteiger partial charge in [-0.3, -0.25) is 0 Å². The highest BCUT2D eigenvalue weighted by atomic mass is 19.1. The Morgan fingerprint density at radius 2 is 2.31 bits per heavy atom. The van der Waals surface area contributed by atoms with Gasteiger partial charge >= 0.3 is 0 Å². The predicted molar refractivity (Wildman–Crippen MR) is 47.3 cm³/mol. The molecule has 1 aromatic rings. The van der Waals surface area contributed by atoms with E-state index in [0.717, 1.165) is 6.29 Å². The summed E-state index contributed by atoms with van der Waals surface area (Å²) in [6.45, 7) is 1.89. The van der Waals surface area contributed by atoms with Gasteiger partial charge in [-0.25, -0.2) is 4.39 Å². The molecule has 13 heavy (non-hydrogen) atoms. The molecule has 1 aromatic carbocycles. The Balaban J connectivity index is 2.65. The Morgan fingerprint density at radius 1 is 1.54 bits per heavy atom. The highest BCUT2D eigenvalue weighted by Gasteiger charge is 2.04. The maximum Gasteiger partial charge on any atom is 0.167 e. The largest absolute Gasteiger partial charge is 0.490 e. The summed E-state index contributed by atoms with van der Waals surface area (Å²) in [5, 5.41) is 0. The molecule has 0 heterocycles. The molecular weight excluding hydrogens is 171 g/mol. The van der Waals surface area contributed by atoms with Crippen LogP contribution < -0.4 is 4.74 Å². The molecule has 0 aromatic heterocycles. The molecule has 0 spiro atoms. The Labute approximate surface area is 76.3 Å². The molecule has 0 aliphatic heterocycles. The Hall–Kier alpha value is -1.38. The number of rotatable bonds is 4. The summed E-state index contributed by atoms with van der Waals surface area (Å²) < 4.78 is 18.3. The van der Waals surface area contributed by atoms with Crippen LogP contribution in [0.25, 0.3) is 0 Å². The van der Waals surface area contributed by atoms with Gasteiger partial charge in [-0.2, -0.15) is 0 Å². The molecule has 0 saturated carbocycles. The molecule has 0 unspecified atom stereocenters. The van der Waals surface area contributed by atoms with Gasteiger partial charge in [0.25, 0.3) is 0 Å². The molecule has 0 atom stereocenters. The number of benzene rings is 1. The Morgan fingerprint density at radius 3 is 3.00 bits per heavy atom. The molecule has 1 rings (SSSR count). The molecule has 0 radical (unpaired) electrons. The maximum atomic E-state index is 13.2. The zero-order chi connectivity index (χ0) is 9.68. The average Bonchev–Trinajstić information content (AvgIpc) is 2.13. The zero-order valence-electron chi connectivity index (χ0n) is 7.42. The van der Waals surface area contributed by atoms with Gasteiger partial charge in [0.2, 0.25) is 0 Å². The fraction of sp³-hybridized carbons (Fsp3) is 0.300. The van der Waals surface area contributed by atoms with Crippen molar-refractivity contribution in [2.45, 2.75) is 13.3 Å². The van der Waals surface area contributed by atoms with Crippen LogP contribution in [0.1, 0.15) is 12.0 Å². The van der Waals surface area contributed by atoms with E-state index in [0.29, 0.717) is 5.56 Å². The van der Waals surface area contributed by atoms with Crippen molar-refractivity contribution in [2.24, 2.45) is 0 Å². The van der Waals surface area contributed by atoms with Gasteiger partial charge in [-0.15, -0.1) is 0 Å². The molecule has 0 aliphatic rings. The first-order chi connectivity index (χ1) is 6.25. The monoisotopic (exact) mass is 182 g/mol. The highest BCUT2D eigenvalue weighted by molar-refractivity contribution is 5.49. The lowest BCUT2D eigenvalue weighted by Gasteiger charge is -2.06. The lowest BCUT2D eigenvalue weighted by molar-refractivity contribution is -0.108. The zero-order valence-corrected chi connectivity index (χ0v) is 7.42. The van der Waals surface area contributed by atoms with Gasteiger partial charge in [0.15, 0.2) is 11.6 Å². The van der Waals surface area contributed by atoms with E-state index in [4.69, 9.17) is 4.74 Å². The van der Waals surface area contributed by atoms with E-state index in [1.807, 2.05) is 0 Å². The van der Waals surface area contributed by atoms with Gasteiger partial charge in [-0.1, -0.05) is 12.1 Å². The summed E-state index contributed by atoms with van der Waals surface area (Å²) in [6.07, 6.45) is 1.03. The second kappa shape index (κ2) is 4.60. The number of hydrogen-bond donors (Lipinski definition) is 0. The van der Waals surface area contributed by atoms with Gasteiger partial charge < -0.3 is 9.53 Å². The number of aryl methyl sites for hydroxylation is 1. The summed E-state index contributed by atoms with van der Waals surface area (Å²) in [7, 11) is 0. The van der Waals surface area contributed by atoms with Crippen LogP contribution in [0.2, 0.25) is 0 Å². The first-order valence-corrected chi connectivity index (χ1v) is 4.07. The quantitative estimate of drug-likeness (QED) is 0.526. The summed E-state index contributed by atoms with van der Waals surface area (Å²) in [5.41, 5.74) is 0.545. The van der Waals surface area contributed by atoms with E-state index in [1.165, 1.54) is 0 Å². The van der Waals surface area contributed by atoms with Crippen molar-refractivity contribution in [3.63, 3.8) is 0 Å². The van der Waals surface area contributed by atoms with Crippen molar-refractivity contribution in [3.8, 4) is 5.75 Å². The van der Waals surface area contributed by atoms with Crippen molar-refractivity contribution >= 4 is 6.29 Å². The van der Waals surface area contributed by atoms with Gasteiger partial charge in [-0.05, 0) is 18.6 Å². The minimum absolute atomic E-state index is 0.210. The third-order valence-corrected chi connectivity index (χ3v) is 1.65. The standard InChI is InChI=1S/C10H11FO2/c1-8-4-2-5-9(10(8)11)13-7-3-6-12/h2,4-6H,3,7H2,1H3. The van der Waals surface area contributed by atoms with Crippen molar-refractivity contribution in [3.05, 3.63) is 29.6 Å². The number of carbonyl (C=O) groups is 1. The number of ether oxygens (including phenoxy) is 1. The van der Waals surface area contributed by atoms with Crippen LogP contribution in [0.4, 0.5) is 4.39 Å². The lowest BCUT2D eigenvalue weighted by atomic mass is 10.2. The third kappa shape index (κ3) is 2.54. The molecular formula is C10H11FO2. The highest BCUT2D eigenvalue weighted by Crippen LogP contribution is 2.19. The van der Waals surface area contributed by atoms with E-state index >= 15 is 0 Å². The SMILES string of the molecule is Cc1cccc(OCCC=O)c1F. The Bertz CT molecular complexity index is 297. The van der Waals surface area contributed by atoms with Crippen LogP contribution in [0.15, 0.2) is 18.2 Å². The molecule has 0 N–H and O–H groups in total. The first kappa shape index (κ1) is 9.71. The minimum atomic E-state index is -0.353. The van der Waals surface area contributed by atoms with E-state index in [2.05, 4.69) is 0 Å². The fourth-order valence-corrected chi connectivity index (χ4v) is 0.949. The second-order valence-corrected chi connectivity index (χ2v) is 2.69. The molecule has 70 valence electrons. The summed E-state index contributed by atoms with van der Waals surface area (Å²) >= 11 is 0. The van der Waals surface area contributed by atoms with Crippen LogP contribution >= 0.6 is 0 Å². The first-order valence-electron chi connectivity index (χ1n) is 4.07. The summed E-state index contributed by atoms with van der Waals surface area (Å²) in [6, 6.07) is 4.93. The van der Waals surface area contributed by atoms with Crippen molar-refractivity contribution in [1.29, 1.82) is 0 Å². The predicted octanol–water partition coefficient (Wildman–Crippen LogP) is 2.10. The van der Waals surface area contributed by atoms with Crippen LogP contribution in [0.5, 0.6) is 5.75 Å². The second-order valence-electron chi connectivity index (χ2n) is 2.69. The molecule has 0 amide bonds. The van der Waals surface area contributed by atoms with Gasteiger partial charge in [0.1, 0.15) is 6.29 Å². The molecule has 3 heteroatoms. The van der Waals surface area contributed by atoms with Crippen molar-refractivity contribution in [1.82, 2.24) is 0 Å². The van der Waals surface area contributed by atoms with Crippen LogP contribution in [0.3, 0.4) is 0 Å². The number of hydrogen-bond acceptors (Lipinski definition) is 2. The maximum absolute atomic E-state index is 13.2. The minimum Gasteiger partial charge on any atom is -0.490 e. The molecule has 0 bridgehead atoms.